The minimum Gasteiger partial charge on any atom is -0.463 e. The smallest absolute Gasteiger partial charge is 0.308 e. The molecular formula is C70H128O28. The number of carbonyl (C=O) groups excluding carboxylic acids is 2. The van der Waals surface area contributed by atoms with E-state index in [1.54, 1.807) is 13.8 Å². The van der Waals surface area contributed by atoms with Crippen LogP contribution in [0.2, 0.25) is 0 Å². The zero-order valence-corrected chi connectivity index (χ0v) is 58.3. The van der Waals surface area contributed by atoms with E-state index in [0.717, 1.165) is 154 Å². The number of hydrogen-bond donors (Lipinski definition) is 16. The number of cyclic esters (lactones) is 2. The van der Waals surface area contributed by atoms with Crippen molar-refractivity contribution in [1.82, 2.24) is 0 Å². The second-order valence-corrected chi connectivity index (χ2v) is 28.4. The van der Waals surface area contributed by atoms with E-state index in [-0.39, 0.29) is 43.7 Å². The van der Waals surface area contributed by atoms with Crippen LogP contribution in [0.15, 0.2) is 0 Å². The van der Waals surface area contributed by atoms with Crippen molar-refractivity contribution in [3.05, 3.63) is 0 Å². The van der Waals surface area contributed by atoms with Crippen LogP contribution >= 0.6 is 0 Å². The average Bonchev–Trinajstić information content (AvgIpc) is 0.825. The topological polar surface area (TPSA) is 450 Å². The maximum absolute atomic E-state index is 13.5. The third-order valence-corrected chi connectivity index (χ3v) is 19.8. The van der Waals surface area contributed by atoms with Gasteiger partial charge in [-0.2, -0.15) is 0 Å². The van der Waals surface area contributed by atoms with Crippen molar-refractivity contribution in [1.29, 1.82) is 0 Å². The Hall–Kier alpha value is -2.02. The van der Waals surface area contributed by atoms with Crippen LogP contribution in [-0.2, 0) is 57.0 Å². The van der Waals surface area contributed by atoms with E-state index in [1.807, 2.05) is 0 Å². The summed E-state index contributed by atoms with van der Waals surface area (Å²) < 4.78 is 58.9. The summed E-state index contributed by atoms with van der Waals surface area (Å²) in [6, 6.07) is 0. The lowest BCUT2D eigenvalue weighted by molar-refractivity contribution is -0.316. The number of carbonyl (C=O) groups is 2. The largest absolute Gasteiger partial charge is 0.463 e. The SMILES string of the molecule is C[C@H](O)CCCCC[C@@H](CCCCCCCCCCCCC[C@H]1CC(=O)OC[C@@H]2O[C@H](O[C@@H](CCCCCCCCCCC[C@H](CCCCC[C@H](C)O)O[C@@H]3O[C@@H](CO)[C@@H](O)[C@H](O)[C@H]3O)CC(=O)OC[C@H]3O[C@H](O1)[C@H](O)[C@H](O)[C@@H]3O)[C@H](O)[C@@H](O)[C@H]2O)O[C@@H]1O[C@H](CO)[C@H](O)[C@H](O)[C@@H]1O. The molecule has 0 aromatic heterocycles. The summed E-state index contributed by atoms with van der Waals surface area (Å²) in [5.74, 6) is -1.56. The molecule has 576 valence electrons. The molecule has 0 saturated carbocycles. The fourth-order valence-corrected chi connectivity index (χ4v) is 13.6. The molecule has 0 aromatic rings. The lowest BCUT2D eigenvalue weighted by atomic mass is 9.98. The summed E-state index contributed by atoms with van der Waals surface area (Å²) in [6.07, 6.45) is -5.60. The van der Waals surface area contributed by atoms with Gasteiger partial charge in [0.25, 0.3) is 0 Å². The highest BCUT2D eigenvalue weighted by Crippen LogP contribution is 2.32. The first-order chi connectivity index (χ1) is 47.0. The number of rotatable bonds is 44. The van der Waals surface area contributed by atoms with Crippen LogP contribution in [0.3, 0.4) is 0 Å². The molecule has 0 spiro atoms. The van der Waals surface area contributed by atoms with Crippen LogP contribution in [0.4, 0.5) is 0 Å². The first-order valence-corrected chi connectivity index (χ1v) is 37.3. The van der Waals surface area contributed by atoms with E-state index in [1.165, 1.54) is 0 Å². The fraction of sp³-hybridized carbons (Fsp3) is 0.971. The highest BCUT2D eigenvalue weighted by Gasteiger charge is 2.49. The Labute approximate surface area is 579 Å². The molecule has 28 nitrogen and oxygen atoms in total. The van der Waals surface area contributed by atoms with Crippen LogP contribution in [-0.4, -0.2) is 280 Å². The van der Waals surface area contributed by atoms with E-state index in [4.69, 9.17) is 47.4 Å². The molecule has 0 amide bonds. The van der Waals surface area contributed by atoms with Gasteiger partial charge in [0.05, 0.1) is 62.7 Å². The second-order valence-electron chi connectivity index (χ2n) is 28.4. The van der Waals surface area contributed by atoms with Gasteiger partial charge in [-0.1, -0.05) is 167 Å². The standard InChI is InChI=1S/C70H128O28/c1-43(73)29-21-19-27-33-45(91-67-63(85)59(81)55(77)49(39-71)95-67)31-23-15-11-7-4-3-5-8-13-17-25-35-47-37-53(75)89-41-52-58(80)62(84)66(88)70(98-52)94-48(38-54(76)90-42-51-57(79)61(83)65(87)69(93-47)97-51)36-26-18-14-10-6-9-12-16-24-32-46(34-28-20-22-30-44(2)74)92-68-64(86)60(82)56(78)50(40-72)96-68/h43-52,55-74,77-88H,3-42H2,1-2H3/t43-,44-,45+,46+,47-,48-,49+,50-,51+,52-,55-,56+,57+,58-,59-,60-,61+,62-,63-,64+,65+,66+,67+,68+,69-,70-/m0/s1. The summed E-state index contributed by atoms with van der Waals surface area (Å²) in [5, 5.41) is 167. The predicted molar refractivity (Wildman–Crippen MR) is 352 cm³/mol. The molecular weight excluding hydrogens is 1290 g/mol. The van der Waals surface area contributed by atoms with E-state index < -0.39 is 173 Å². The third-order valence-electron chi connectivity index (χ3n) is 19.8. The minimum absolute atomic E-state index is 0.265. The highest BCUT2D eigenvalue weighted by atomic mass is 16.7. The lowest BCUT2D eigenvalue weighted by Crippen LogP contribution is -2.60. The molecule has 5 fully saturated rings. The van der Waals surface area contributed by atoms with Crippen LogP contribution in [0.1, 0.15) is 245 Å². The molecule has 0 radical (unpaired) electrons. The molecule has 5 saturated heterocycles. The van der Waals surface area contributed by atoms with Crippen LogP contribution in [0, 0.1) is 0 Å². The monoisotopic (exact) mass is 1420 g/mol. The maximum Gasteiger partial charge on any atom is 0.308 e. The number of hydrogen-bond acceptors (Lipinski definition) is 28. The molecule has 0 unspecified atom stereocenters. The van der Waals surface area contributed by atoms with Crippen LogP contribution in [0.5, 0.6) is 0 Å². The Morgan fingerprint density at radius 3 is 0.918 bits per heavy atom. The molecule has 4 bridgehead atoms. The third kappa shape index (κ3) is 31.0. The normalized spacial score (nSPS) is 35.2. The van der Waals surface area contributed by atoms with Crippen molar-refractivity contribution >= 4 is 11.9 Å². The van der Waals surface area contributed by atoms with E-state index >= 15 is 0 Å². The number of unbranched alkanes of at least 4 members (excludes halogenated alkanes) is 22. The van der Waals surface area contributed by atoms with Gasteiger partial charge in [0, 0.05) is 0 Å². The van der Waals surface area contributed by atoms with Crippen molar-refractivity contribution < 1.29 is 139 Å². The summed E-state index contributed by atoms with van der Waals surface area (Å²) in [6.45, 7) is 1.32. The first-order valence-electron chi connectivity index (χ1n) is 37.3. The summed E-state index contributed by atoms with van der Waals surface area (Å²) >= 11 is 0. The molecule has 5 rings (SSSR count). The van der Waals surface area contributed by atoms with E-state index in [2.05, 4.69) is 0 Å². The summed E-state index contributed by atoms with van der Waals surface area (Å²) in [7, 11) is 0. The molecule has 0 aromatic carbocycles. The minimum atomic E-state index is -1.77. The van der Waals surface area contributed by atoms with Gasteiger partial charge in [-0.05, 0) is 65.2 Å². The van der Waals surface area contributed by atoms with Gasteiger partial charge in [0.2, 0.25) is 0 Å². The zero-order chi connectivity index (χ0) is 71.5. The number of aliphatic hydroxyl groups is 16. The van der Waals surface area contributed by atoms with E-state index in [9.17, 15) is 91.3 Å². The van der Waals surface area contributed by atoms with E-state index in [0.29, 0.717) is 57.8 Å². The molecule has 5 aliphatic heterocycles. The quantitative estimate of drug-likeness (QED) is 0.0308. The average molecular weight is 1420 g/mol. The van der Waals surface area contributed by atoms with Gasteiger partial charge >= 0.3 is 11.9 Å². The van der Waals surface area contributed by atoms with Gasteiger partial charge in [-0.25, -0.2) is 0 Å². The Kier molecular flexibility index (Phi) is 42.6. The Morgan fingerprint density at radius 2 is 0.612 bits per heavy atom. The molecule has 5 heterocycles. The molecule has 5 aliphatic rings. The van der Waals surface area contributed by atoms with Gasteiger partial charge in [0.15, 0.2) is 25.2 Å². The number of aliphatic hydroxyl groups excluding tert-OH is 16. The summed E-state index contributed by atoms with van der Waals surface area (Å²) in [5.41, 5.74) is 0. The maximum atomic E-state index is 13.5. The number of esters is 2. The van der Waals surface area contributed by atoms with Crippen molar-refractivity contribution in [2.45, 2.75) is 404 Å². The number of ether oxygens (including phenoxy) is 10. The Bertz CT molecular complexity index is 2060. The first kappa shape index (κ1) is 86.6. The predicted octanol–water partition coefficient (Wildman–Crippen LogP) is 2.65. The molecule has 16 N–H and O–H groups in total. The highest BCUT2D eigenvalue weighted by molar-refractivity contribution is 5.70. The van der Waals surface area contributed by atoms with Gasteiger partial charge in [-0.15, -0.1) is 0 Å². The fourth-order valence-electron chi connectivity index (χ4n) is 13.6. The van der Waals surface area contributed by atoms with Crippen LogP contribution < -0.4 is 0 Å². The van der Waals surface area contributed by atoms with Crippen molar-refractivity contribution in [2.75, 3.05) is 26.4 Å². The lowest BCUT2D eigenvalue weighted by Gasteiger charge is -2.42. The van der Waals surface area contributed by atoms with Gasteiger partial charge < -0.3 is 129 Å². The van der Waals surface area contributed by atoms with Gasteiger partial charge in [-0.3, -0.25) is 9.59 Å². The molecule has 98 heavy (non-hydrogen) atoms. The summed E-state index contributed by atoms with van der Waals surface area (Å²) in [4.78, 5) is 27.1. The van der Waals surface area contributed by atoms with Crippen molar-refractivity contribution in [3.63, 3.8) is 0 Å². The van der Waals surface area contributed by atoms with Crippen molar-refractivity contribution in [3.8, 4) is 0 Å². The number of fused-ring (bicyclic) bond motifs is 4. The zero-order valence-electron chi connectivity index (χ0n) is 58.3. The second kappa shape index (κ2) is 48.2. The van der Waals surface area contributed by atoms with Crippen molar-refractivity contribution in [2.24, 2.45) is 0 Å². The Balaban J connectivity index is 1.03. The molecule has 26 atom stereocenters. The molecule has 28 heteroatoms. The molecule has 0 aliphatic carbocycles. The van der Waals surface area contributed by atoms with Gasteiger partial charge in [0.1, 0.15) is 111 Å². The Morgan fingerprint density at radius 1 is 0.337 bits per heavy atom. The van der Waals surface area contributed by atoms with Crippen LogP contribution in [0.25, 0.3) is 0 Å².